The van der Waals surface area contributed by atoms with E-state index in [1.165, 1.54) is 0 Å². The lowest BCUT2D eigenvalue weighted by atomic mass is 9.90. The second kappa shape index (κ2) is 5.92. The molecule has 0 saturated carbocycles. The average Bonchev–Trinajstić information content (AvgIpc) is 2.44. The number of carbonyl (C=O) groups is 1. The number of fused-ring (bicyclic) bond motifs is 1. The first-order valence-electron chi connectivity index (χ1n) is 6.50. The quantitative estimate of drug-likeness (QED) is 0.879. The predicted octanol–water partition coefficient (Wildman–Crippen LogP) is 2.99. The number of methoxy groups -OCH3 is 1. The van der Waals surface area contributed by atoms with Gasteiger partial charge in [0.25, 0.3) is 0 Å². The van der Waals surface area contributed by atoms with Gasteiger partial charge in [-0.05, 0) is 22.8 Å². The molecule has 2 aromatic carbocycles. The van der Waals surface area contributed by atoms with Crippen LogP contribution in [0.1, 0.15) is 25.0 Å². The molecule has 0 saturated heterocycles. The Morgan fingerprint density at radius 1 is 1.25 bits per heavy atom. The van der Waals surface area contributed by atoms with Crippen molar-refractivity contribution in [3.05, 3.63) is 42.0 Å². The zero-order chi connectivity index (χ0) is 14.7. The highest BCUT2D eigenvalue weighted by molar-refractivity contribution is 5.88. The molecule has 2 atom stereocenters. The van der Waals surface area contributed by atoms with Crippen LogP contribution in [0.15, 0.2) is 36.4 Å². The molecular weight excluding hydrogens is 256 g/mol. The van der Waals surface area contributed by atoms with Crippen molar-refractivity contribution in [3.63, 3.8) is 0 Å². The maximum Gasteiger partial charge on any atom is 0.303 e. The van der Waals surface area contributed by atoms with Crippen LogP contribution < -0.4 is 4.74 Å². The Balaban J connectivity index is 2.52. The van der Waals surface area contributed by atoms with E-state index in [9.17, 15) is 9.90 Å². The summed E-state index contributed by atoms with van der Waals surface area (Å²) in [4.78, 5) is 10.8. The molecule has 0 radical (unpaired) electrons. The number of hydrogen-bond acceptors (Lipinski definition) is 3. The fourth-order valence-corrected chi connectivity index (χ4v) is 2.43. The molecule has 0 spiro atoms. The average molecular weight is 274 g/mol. The molecule has 0 heterocycles. The minimum absolute atomic E-state index is 0.0897. The monoisotopic (exact) mass is 274 g/mol. The van der Waals surface area contributed by atoms with E-state index in [0.29, 0.717) is 11.3 Å². The number of ether oxygens (including phenoxy) is 1. The second-order valence-corrected chi connectivity index (χ2v) is 4.92. The van der Waals surface area contributed by atoms with Crippen LogP contribution in [0.2, 0.25) is 0 Å². The number of aliphatic hydroxyl groups excluding tert-OH is 1. The summed E-state index contributed by atoms with van der Waals surface area (Å²) in [6.45, 7) is 1.72. The van der Waals surface area contributed by atoms with Crippen LogP contribution in [0.5, 0.6) is 5.75 Å². The van der Waals surface area contributed by atoms with Gasteiger partial charge in [0, 0.05) is 5.56 Å². The molecule has 2 aromatic rings. The van der Waals surface area contributed by atoms with Gasteiger partial charge in [-0.3, -0.25) is 4.79 Å². The molecule has 0 aliphatic heterocycles. The topological polar surface area (TPSA) is 66.8 Å². The van der Waals surface area contributed by atoms with Gasteiger partial charge in [0.2, 0.25) is 0 Å². The molecule has 0 fully saturated rings. The number of carboxylic acid groups (broad SMARTS) is 1. The molecule has 0 aliphatic rings. The van der Waals surface area contributed by atoms with E-state index in [1.54, 1.807) is 20.1 Å². The summed E-state index contributed by atoms with van der Waals surface area (Å²) in [7, 11) is 1.54. The van der Waals surface area contributed by atoms with Crippen LogP contribution >= 0.6 is 0 Å². The molecule has 0 aliphatic carbocycles. The Labute approximate surface area is 117 Å². The molecule has 4 nitrogen and oxygen atoms in total. The first kappa shape index (κ1) is 14.3. The molecule has 2 rings (SSSR count). The molecule has 4 heteroatoms. The highest BCUT2D eigenvalue weighted by Gasteiger charge is 2.24. The van der Waals surface area contributed by atoms with Gasteiger partial charge < -0.3 is 14.9 Å². The molecule has 2 unspecified atom stereocenters. The van der Waals surface area contributed by atoms with Crippen LogP contribution in [0.4, 0.5) is 0 Å². The van der Waals surface area contributed by atoms with Gasteiger partial charge in [-0.1, -0.05) is 37.3 Å². The number of hydrogen-bond donors (Lipinski definition) is 2. The Morgan fingerprint density at radius 3 is 2.60 bits per heavy atom. The number of rotatable bonds is 5. The zero-order valence-corrected chi connectivity index (χ0v) is 11.5. The summed E-state index contributed by atoms with van der Waals surface area (Å²) < 4.78 is 5.32. The van der Waals surface area contributed by atoms with Crippen molar-refractivity contribution in [1.82, 2.24) is 0 Å². The Kier molecular flexibility index (Phi) is 4.25. The zero-order valence-electron chi connectivity index (χ0n) is 11.5. The number of aliphatic hydroxyl groups is 1. The molecule has 0 aromatic heterocycles. The molecule has 0 amide bonds. The van der Waals surface area contributed by atoms with E-state index in [2.05, 4.69) is 0 Å². The maximum absolute atomic E-state index is 10.8. The summed E-state index contributed by atoms with van der Waals surface area (Å²) in [5.74, 6) is -0.739. The largest absolute Gasteiger partial charge is 0.496 e. The molecule has 20 heavy (non-hydrogen) atoms. The lowest BCUT2D eigenvalue weighted by Crippen LogP contribution is -2.14. The SMILES string of the molecule is COc1ccc2ccccc2c1C(O)C(C)CC(=O)O. The van der Waals surface area contributed by atoms with Crippen molar-refractivity contribution in [2.45, 2.75) is 19.4 Å². The molecule has 0 bridgehead atoms. The summed E-state index contributed by atoms with van der Waals surface area (Å²) >= 11 is 0. The number of benzene rings is 2. The lowest BCUT2D eigenvalue weighted by Gasteiger charge is -2.21. The maximum atomic E-state index is 10.8. The normalized spacial score (nSPS) is 13.9. The summed E-state index contributed by atoms with van der Waals surface area (Å²) in [5.41, 5.74) is 0.652. The van der Waals surface area contributed by atoms with Crippen LogP contribution in [-0.2, 0) is 4.79 Å². The summed E-state index contributed by atoms with van der Waals surface area (Å²) in [6, 6.07) is 11.4. The minimum Gasteiger partial charge on any atom is -0.496 e. The second-order valence-electron chi connectivity index (χ2n) is 4.92. The van der Waals surface area contributed by atoms with Crippen LogP contribution in [0.25, 0.3) is 10.8 Å². The van der Waals surface area contributed by atoms with Gasteiger partial charge in [-0.15, -0.1) is 0 Å². The molecule has 106 valence electrons. The predicted molar refractivity (Wildman–Crippen MR) is 76.9 cm³/mol. The fourth-order valence-electron chi connectivity index (χ4n) is 2.43. The van der Waals surface area contributed by atoms with Crippen LogP contribution in [0.3, 0.4) is 0 Å². The first-order valence-corrected chi connectivity index (χ1v) is 6.50. The first-order chi connectivity index (χ1) is 9.54. The van der Waals surface area contributed by atoms with Gasteiger partial charge in [-0.25, -0.2) is 0 Å². The van der Waals surface area contributed by atoms with Crippen molar-refractivity contribution in [2.75, 3.05) is 7.11 Å². The lowest BCUT2D eigenvalue weighted by molar-refractivity contribution is -0.139. The van der Waals surface area contributed by atoms with Crippen LogP contribution in [0, 0.1) is 5.92 Å². The highest BCUT2D eigenvalue weighted by Crippen LogP contribution is 2.37. The number of aliphatic carboxylic acids is 1. The molecular formula is C16H18O4. The van der Waals surface area contributed by atoms with Crippen molar-refractivity contribution in [1.29, 1.82) is 0 Å². The third-order valence-electron chi connectivity index (χ3n) is 3.48. The van der Waals surface area contributed by atoms with Gasteiger partial charge in [0.15, 0.2) is 0 Å². The van der Waals surface area contributed by atoms with E-state index in [0.717, 1.165) is 10.8 Å². The van der Waals surface area contributed by atoms with E-state index < -0.39 is 18.0 Å². The van der Waals surface area contributed by atoms with E-state index in [1.807, 2.05) is 30.3 Å². The summed E-state index contributed by atoms with van der Waals surface area (Å²) in [6.07, 6.45) is -0.972. The summed E-state index contributed by atoms with van der Waals surface area (Å²) in [5, 5.41) is 21.3. The Morgan fingerprint density at radius 2 is 1.95 bits per heavy atom. The van der Waals surface area contributed by atoms with Gasteiger partial charge >= 0.3 is 5.97 Å². The third kappa shape index (κ3) is 2.75. The Bertz CT molecular complexity index is 621. The standard InChI is InChI=1S/C16H18O4/c1-10(9-14(17)18)16(19)15-12-6-4-3-5-11(12)7-8-13(15)20-2/h3-8,10,16,19H,9H2,1-2H3,(H,17,18). The van der Waals surface area contributed by atoms with Gasteiger partial charge in [-0.2, -0.15) is 0 Å². The van der Waals surface area contributed by atoms with E-state index in [-0.39, 0.29) is 6.42 Å². The van der Waals surface area contributed by atoms with Gasteiger partial charge in [0.05, 0.1) is 19.6 Å². The van der Waals surface area contributed by atoms with Crippen molar-refractivity contribution in [3.8, 4) is 5.75 Å². The van der Waals surface area contributed by atoms with Crippen molar-refractivity contribution < 1.29 is 19.7 Å². The van der Waals surface area contributed by atoms with Crippen molar-refractivity contribution >= 4 is 16.7 Å². The van der Waals surface area contributed by atoms with Gasteiger partial charge in [0.1, 0.15) is 5.75 Å². The smallest absolute Gasteiger partial charge is 0.303 e. The third-order valence-corrected chi connectivity index (χ3v) is 3.48. The minimum atomic E-state index is -0.921. The van der Waals surface area contributed by atoms with E-state index >= 15 is 0 Å². The fraction of sp³-hybridized carbons (Fsp3) is 0.312. The van der Waals surface area contributed by atoms with E-state index in [4.69, 9.17) is 9.84 Å². The molecule has 2 N–H and O–H groups in total. The Hall–Kier alpha value is -2.07. The highest BCUT2D eigenvalue weighted by atomic mass is 16.5. The van der Waals surface area contributed by atoms with Crippen molar-refractivity contribution in [2.24, 2.45) is 5.92 Å². The number of carboxylic acids is 1. The van der Waals surface area contributed by atoms with Crippen LogP contribution in [-0.4, -0.2) is 23.3 Å².